The van der Waals surface area contributed by atoms with E-state index in [0.29, 0.717) is 9.49 Å². The van der Waals surface area contributed by atoms with Crippen LogP contribution in [0.4, 0.5) is 0 Å². The third kappa shape index (κ3) is 3.10. The molecule has 6 heteroatoms. The molecule has 0 aliphatic heterocycles. The van der Waals surface area contributed by atoms with E-state index in [2.05, 4.69) is 16.9 Å². The average Bonchev–Trinajstić information content (AvgIpc) is 2.65. The zero-order valence-corrected chi connectivity index (χ0v) is 11.5. The minimum Gasteiger partial charge on any atom is -0.259 e. The molecule has 0 saturated heterocycles. The number of halogens is 2. The Labute approximate surface area is 112 Å². The standard InChI is InChI=1S/C10H8Cl2N2S2/c1-6(8-3-2-7(11)4-13-8)15-9-5-14-10(12)16-9/h2-6H,1H3/t6-/m0/s1. The molecule has 0 saturated carbocycles. The molecular formula is C10H8Cl2N2S2. The first-order valence-electron chi connectivity index (χ1n) is 4.54. The van der Waals surface area contributed by atoms with Gasteiger partial charge < -0.3 is 0 Å². The van der Waals surface area contributed by atoms with Gasteiger partial charge in [-0.3, -0.25) is 4.98 Å². The van der Waals surface area contributed by atoms with Gasteiger partial charge in [0.25, 0.3) is 0 Å². The lowest BCUT2D eigenvalue weighted by Crippen LogP contribution is -1.91. The van der Waals surface area contributed by atoms with E-state index in [1.807, 2.05) is 12.1 Å². The third-order valence-electron chi connectivity index (χ3n) is 1.92. The Morgan fingerprint density at radius 2 is 2.06 bits per heavy atom. The highest BCUT2D eigenvalue weighted by atomic mass is 35.5. The van der Waals surface area contributed by atoms with Crippen LogP contribution in [0.2, 0.25) is 9.49 Å². The monoisotopic (exact) mass is 290 g/mol. The molecule has 0 radical (unpaired) electrons. The predicted molar refractivity (Wildman–Crippen MR) is 70.6 cm³/mol. The van der Waals surface area contributed by atoms with Crippen molar-refractivity contribution in [2.24, 2.45) is 0 Å². The van der Waals surface area contributed by atoms with Crippen LogP contribution < -0.4 is 0 Å². The fourth-order valence-electron chi connectivity index (χ4n) is 1.16. The second kappa shape index (κ2) is 5.36. The van der Waals surface area contributed by atoms with E-state index >= 15 is 0 Å². The molecule has 0 fully saturated rings. The third-order valence-corrected chi connectivity index (χ3v) is 4.52. The van der Waals surface area contributed by atoms with Crippen molar-refractivity contribution in [1.82, 2.24) is 9.97 Å². The molecule has 0 aliphatic carbocycles. The van der Waals surface area contributed by atoms with Crippen LogP contribution in [0.15, 0.2) is 28.7 Å². The fourth-order valence-corrected chi connectivity index (χ4v) is 3.66. The van der Waals surface area contributed by atoms with Crippen molar-refractivity contribution < 1.29 is 0 Å². The molecule has 0 unspecified atom stereocenters. The largest absolute Gasteiger partial charge is 0.259 e. The number of nitrogens with zero attached hydrogens (tertiary/aromatic N) is 2. The summed E-state index contributed by atoms with van der Waals surface area (Å²) in [6, 6.07) is 3.78. The van der Waals surface area contributed by atoms with Crippen molar-refractivity contribution in [3.8, 4) is 0 Å². The Kier molecular flexibility index (Phi) is 4.08. The van der Waals surface area contributed by atoms with Crippen molar-refractivity contribution >= 4 is 46.3 Å². The Balaban J connectivity index is 2.08. The van der Waals surface area contributed by atoms with Gasteiger partial charge in [-0.05, 0) is 19.1 Å². The van der Waals surface area contributed by atoms with Crippen LogP contribution in [0.3, 0.4) is 0 Å². The molecule has 2 heterocycles. The molecule has 0 N–H and O–H groups in total. The van der Waals surface area contributed by atoms with E-state index in [-0.39, 0.29) is 5.25 Å². The molecule has 2 aromatic rings. The van der Waals surface area contributed by atoms with Gasteiger partial charge in [0.05, 0.1) is 21.1 Å². The Morgan fingerprint density at radius 1 is 1.25 bits per heavy atom. The number of aromatic nitrogens is 2. The van der Waals surface area contributed by atoms with Crippen LogP contribution >= 0.6 is 46.3 Å². The normalized spacial score (nSPS) is 12.7. The summed E-state index contributed by atoms with van der Waals surface area (Å²) in [5.74, 6) is 0. The Hall–Kier alpha value is -0.290. The number of thioether (sulfide) groups is 1. The summed E-state index contributed by atoms with van der Waals surface area (Å²) in [6.07, 6.45) is 3.44. The summed E-state index contributed by atoms with van der Waals surface area (Å²) in [7, 11) is 0. The number of rotatable bonds is 3. The van der Waals surface area contributed by atoms with Gasteiger partial charge in [-0.15, -0.1) is 11.8 Å². The van der Waals surface area contributed by atoms with E-state index < -0.39 is 0 Å². The van der Waals surface area contributed by atoms with E-state index in [9.17, 15) is 0 Å². The first kappa shape index (κ1) is 12.2. The van der Waals surface area contributed by atoms with Crippen LogP contribution in [-0.4, -0.2) is 9.97 Å². The van der Waals surface area contributed by atoms with Gasteiger partial charge in [-0.25, -0.2) is 4.98 Å². The highest BCUT2D eigenvalue weighted by Gasteiger charge is 2.10. The summed E-state index contributed by atoms with van der Waals surface area (Å²) >= 11 is 14.7. The van der Waals surface area contributed by atoms with Gasteiger partial charge in [0.1, 0.15) is 0 Å². The number of thiazole rings is 1. The molecule has 0 bridgehead atoms. The summed E-state index contributed by atoms with van der Waals surface area (Å²) in [4.78, 5) is 8.28. The number of hydrogen-bond acceptors (Lipinski definition) is 4. The van der Waals surface area contributed by atoms with E-state index in [0.717, 1.165) is 9.90 Å². The van der Waals surface area contributed by atoms with Crippen molar-refractivity contribution in [3.63, 3.8) is 0 Å². The highest BCUT2D eigenvalue weighted by molar-refractivity contribution is 8.01. The Bertz CT molecular complexity index is 470. The van der Waals surface area contributed by atoms with E-state index in [4.69, 9.17) is 23.2 Å². The van der Waals surface area contributed by atoms with Crippen molar-refractivity contribution in [1.29, 1.82) is 0 Å². The zero-order valence-electron chi connectivity index (χ0n) is 8.35. The Morgan fingerprint density at radius 3 is 2.62 bits per heavy atom. The van der Waals surface area contributed by atoms with Gasteiger partial charge in [0, 0.05) is 11.4 Å². The van der Waals surface area contributed by atoms with E-state index in [1.165, 1.54) is 11.3 Å². The SMILES string of the molecule is C[C@H](Sc1cnc(Cl)s1)c1ccc(Cl)cn1. The van der Waals surface area contributed by atoms with Crippen LogP contribution in [0.5, 0.6) is 0 Å². The highest BCUT2D eigenvalue weighted by Crippen LogP contribution is 2.37. The summed E-state index contributed by atoms with van der Waals surface area (Å²) in [5, 5.41) is 0.913. The lowest BCUT2D eigenvalue weighted by Gasteiger charge is -2.08. The average molecular weight is 291 g/mol. The topological polar surface area (TPSA) is 25.8 Å². The van der Waals surface area contributed by atoms with Gasteiger partial charge in [-0.2, -0.15) is 0 Å². The summed E-state index contributed by atoms with van der Waals surface area (Å²) < 4.78 is 1.66. The minimum absolute atomic E-state index is 0.258. The van der Waals surface area contributed by atoms with Crippen LogP contribution in [-0.2, 0) is 0 Å². The first-order chi connectivity index (χ1) is 7.65. The minimum atomic E-state index is 0.258. The van der Waals surface area contributed by atoms with E-state index in [1.54, 1.807) is 24.2 Å². The smallest absolute Gasteiger partial charge is 0.184 e. The van der Waals surface area contributed by atoms with Crippen LogP contribution in [0.25, 0.3) is 0 Å². The van der Waals surface area contributed by atoms with Gasteiger partial charge in [0.15, 0.2) is 4.47 Å². The lowest BCUT2D eigenvalue weighted by molar-refractivity contribution is 1.01. The second-order valence-corrected chi connectivity index (χ2v) is 6.78. The molecule has 0 spiro atoms. The molecule has 16 heavy (non-hydrogen) atoms. The second-order valence-electron chi connectivity index (χ2n) is 3.09. The molecular weight excluding hydrogens is 283 g/mol. The zero-order chi connectivity index (χ0) is 11.5. The molecule has 0 amide bonds. The molecule has 1 atom stereocenters. The van der Waals surface area contributed by atoms with Crippen molar-refractivity contribution in [3.05, 3.63) is 39.7 Å². The fraction of sp³-hybridized carbons (Fsp3) is 0.200. The molecule has 84 valence electrons. The molecule has 2 aromatic heterocycles. The molecule has 2 nitrogen and oxygen atoms in total. The maximum absolute atomic E-state index is 5.79. The van der Waals surface area contributed by atoms with Gasteiger partial charge in [0.2, 0.25) is 0 Å². The quantitative estimate of drug-likeness (QED) is 0.767. The molecule has 0 aromatic carbocycles. The van der Waals surface area contributed by atoms with Crippen LogP contribution in [0.1, 0.15) is 17.9 Å². The maximum atomic E-state index is 5.79. The molecule has 0 aliphatic rings. The van der Waals surface area contributed by atoms with Crippen molar-refractivity contribution in [2.75, 3.05) is 0 Å². The summed E-state index contributed by atoms with van der Waals surface area (Å²) in [6.45, 7) is 2.09. The number of hydrogen-bond donors (Lipinski definition) is 0. The van der Waals surface area contributed by atoms with Gasteiger partial charge >= 0.3 is 0 Å². The summed E-state index contributed by atoms with van der Waals surface area (Å²) in [5.41, 5.74) is 0.999. The predicted octanol–water partition coefficient (Wildman–Crippen LogP) is 4.70. The van der Waals surface area contributed by atoms with Crippen molar-refractivity contribution in [2.45, 2.75) is 16.4 Å². The van der Waals surface area contributed by atoms with Gasteiger partial charge in [-0.1, -0.05) is 34.5 Å². The maximum Gasteiger partial charge on any atom is 0.184 e. The molecule has 2 rings (SSSR count). The van der Waals surface area contributed by atoms with Crippen LogP contribution in [0, 0.1) is 0 Å². The number of pyridine rings is 1. The first-order valence-corrected chi connectivity index (χ1v) is 7.00. The lowest BCUT2D eigenvalue weighted by atomic mass is 10.3.